The maximum Gasteiger partial charge on any atom is 0.251 e. The number of aromatic nitrogens is 1. The van der Waals surface area contributed by atoms with Crippen LogP contribution in [0.2, 0.25) is 0 Å². The van der Waals surface area contributed by atoms with Crippen LogP contribution in [0.3, 0.4) is 0 Å². The van der Waals surface area contributed by atoms with Crippen molar-refractivity contribution in [1.82, 2.24) is 10.3 Å². The number of rotatable bonds is 4. The Morgan fingerprint density at radius 2 is 1.92 bits per heavy atom. The van der Waals surface area contributed by atoms with Crippen LogP contribution in [0.4, 0.5) is 0 Å². The van der Waals surface area contributed by atoms with Gasteiger partial charge in [-0.25, -0.2) is 0 Å². The molecule has 122 valence electrons. The molecule has 0 aliphatic rings. The number of nitriles is 1. The Labute approximate surface area is 146 Å². The van der Waals surface area contributed by atoms with Gasteiger partial charge in [-0.2, -0.15) is 5.26 Å². The lowest BCUT2D eigenvalue weighted by molar-refractivity contribution is 0.0951. The summed E-state index contributed by atoms with van der Waals surface area (Å²) in [4.78, 5) is 16.8. The summed E-state index contributed by atoms with van der Waals surface area (Å²) in [6.45, 7) is 2.43. The van der Waals surface area contributed by atoms with Crippen LogP contribution >= 0.6 is 0 Å². The van der Waals surface area contributed by atoms with E-state index in [0.29, 0.717) is 17.7 Å². The molecule has 0 saturated carbocycles. The SMILES string of the molecule is Cc1cccc(-c2ncccc2CNC(=O)c2ccc(C#N)cc2)c1. The first kappa shape index (κ1) is 16.4. The van der Waals surface area contributed by atoms with Crippen LogP contribution in [-0.4, -0.2) is 10.9 Å². The fourth-order valence-electron chi connectivity index (χ4n) is 2.61. The minimum absolute atomic E-state index is 0.177. The summed E-state index contributed by atoms with van der Waals surface area (Å²) in [5, 5.41) is 11.7. The van der Waals surface area contributed by atoms with E-state index in [-0.39, 0.29) is 5.91 Å². The maximum atomic E-state index is 12.3. The van der Waals surface area contributed by atoms with E-state index >= 15 is 0 Å². The van der Waals surface area contributed by atoms with Gasteiger partial charge in [-0.15, -0.1) is 0 Å². The molecule has 0 atom stereocenters. The summed E-state index contributed by atoms with van der Waals surface area (Å²) < 4.78 is 0. The summed E-state index contributed by atoms with van der Waals surface area (Å²) in [6.07, 6.45) is 1.75. The number of hydrogen-bond donors (Lipinski definition) is 1. The molecule has 0 saturated heterocycles. The van der Waals surface area contributed by atoms with Crippen molar-refractivity contribution in [1.29, 1.82) is 5.26 Å². The van der Waals surface area contributed by atoms with Gasteiger partial charge in [-0.1, -0.05) is 29.8 Å². The quantitative estimate of drug-likeness (QED) is 0.791. The molecule has 2 aromatic carbocycles. The third-order valence-electron chi connectivity index (χ3n) is 3.90. The molecule has 3 aromatic rings. The highest BCUT2D eigenvalue weighted by Crippen LogP contribution is 2.22. The normalized spacial score (nSPS) is 10.1. The molecule has 0 fully saturated rings. The number of aryl methyl sites for hydroxylation is 1. The van der Waals surface area contributed by atoms with Gasteiger partial charge in [0.15, 0.2) is 0 Å². The van der Waals surface area contributed by atoms with Crippen molar-refractivity contribution in [2.45, 2.75) is 13.5 Å². The predicted molar refractivity (Wildman–Crippen MR) is 96.7 cm³/mol. The molecule has 0 spiro atoms. The summed E-state index contributed by atoms with van der Waals surface area (Å²) in [5.74, 6) is -0.177. The molecule has 4 heteroatoms. The summed E-state index contributed by atoms with van der Waals surface area (Å²) in [7, 11) is 0. The van der Waals surface area contributed by atoms with E-state index in [1.807, 2.05) is 43.3 Å². The molecule has 4 nitrogen and oxygen atoms in total. The van der Waals surface area contributed by atoms with E-state index in [0.717, 1.165) is 22.4 Å². The number of carbonyl (C=O) groups is 1. The second kappa shape index (κ2) is 7.41. The van der Waals surface area contributed by atoms with Gasteiger partial charge in [0, 0.05) is 23.9 Å². The van der Waals surface area contributed by atoms with E-state index in [2.05, 4.69) is 16.4 Å². The summed E-state index contributed by atoms with van der Waals surface area (Å²) in [5.41, 5.74) is 5.07. The smallest absolute Gasteiger partial charge is 0.251 e. The first-order chi connectivity index (χ1) is 12.2. The van der Waals surface area contributed by atoms with E-state index in [9.17, 15) is 4.79 Å². The molecule has 0 aliphatic heterocycles. The Kier molecular flexibility index (Phi) is 4.87. The van der Waals surface area contributed by atoms with Crippen molar-refractivity contribution in [3.05, 3.63) is 89.1 Å². The van der Waals surface area contributed by atoms with Crippen LogP contribution in [0.15, 0.2) is 66.9 Å². The van der Waals surface area contributed by atoms with Crippen LogP contribution in [0.25, 0.3) is 11.3 Å². The Hall–Kier alpha value is -3.45. The van der Waals surface area contributed by atoms with Gasteiger partial charge < -0.3 is 5.32 Å². The zero-order chi connectivity index (χ0) is 17.6. The Bertz CT molecular complexity index is 940. The Balaban J connectivity index is 1.77. The van der Waals surface area contributed by atoms with Crippen LogP contribution in [-0.2, 0) is 6.54 Å². The third kappa shape index (κ3) is 3.91. The highest BCUT2D eigenvalue weighted by molar-refractivity contribution is 5.94. The molecule has 0 radical (unpaired) electrons. The lowest BCUT2D eigenvalue weighted by atomic mass is 10.0. The van der Waals surface area contributed by atoms with Crippen LogP contribution in [0.1, 0.15) is 27.0 Å². The third-order valence-corrected chi connectivity index (χ3v) is 3.90. The number of hydrogen-bond acceptors (Lipinski definition) is 3. The second-order valence-electron chi connectivity index (χ2n) is 5.75. The number of nitrogens with zero attached hydrogens (tertiary/aromatic N) is 2. The van der Waals surface area contributed by atoms with E-state index < -0.39 is 0 Å². The summed E-state index contributed by atoms with van der Waals surface area (Å²) >= 11 is 0. The van der Waals surface area contributed by atoms with E-state index in [4.69, 9.17) is 5.26 Å². The second-order valence-corrected chi connectivity index (χ2v) is 5.75. The van der Waals surface area contributed by atoms with Crippen molar-refractivity contribution in [3.8, 4) is 17.3 Å². The first-order valence-electron chi connectivity index (χ1n) is 7.96. The monoisotopic (exact) mass is 327 g/mol. The molecule has 1 N–H and O–H groups in total. The standard InChI is InChI=1S/C21H17N3O/c1-15-4-2-5-18(12-15)20-19(6-3-11-23-20)14-24-21(25)17-9-7-16(13-22)8-10-17/h2-12H,14H2,1H3,(H,24,25). The van der Waals surface area contributed by atoms with E-state index in [1.54, 1.807) is 30.5 Å². The molecule has 0 bridgehead atoms. The average Bonchev–Trinajstić information content (AvgIpc) is 2.66. The molecular weight excluding hydrogens is 310 g/mol. The lowest BCUT2D eigenvalue weighted by Crippen LogP contribution is -2.23. The van der Waals surface area contributed by atoms with Gasteiger partial charge >= 0.3 is 0 Å². The molecule has 0 aliphatic carbocycles. The van der Waals surface area contributed by atoms with Crippen LogP contribution in [0, 0.1) is 18.3 Å². The molecule has 1 heterocycles. The zero-order valence-corrected chi connectivity index (χ0v) is 13.9. The minimum Gasteiger partial charge on any atom is -0.348 e. The van der Waals surface area contributed by atoms with E-state index in [1.165, 1.54) is 0 Å². The van der Waals surface area contributed by atoms with Gasteiger partial charge in [-0.3, -0.25) is 9.78 Å². The van der Waals surface area contributed by atoms with Crippen molar-refractivity contribution in [2.75, 3.05) is 0 Å². The van der Waals surface area contributed by atoms with Crippen molar-refractivity contribution in [3.63, 3.8) is 0 Å². The summed E-state index contributed by atoms with van der Waals surface area (Å²) in [6, 6.07) is 20.6. The van der Waals surface area contributed by atoms with Gasteiger partial charge in [-0.05, 0) is 48.9 Å². The molecule has 3 rings (SSSR count). The number of amides is 1. The molecule has 1 amide bonds. The highest BCUT2D eigenvalue weighted by atomic mass is 16.1. The molecular formula is C21H17N3O. The largest absolute Gasteiger partial charge is 0.348 e. The number of benzene rings is 2. The molecule has 1 aromatic heterocycles. The van der Waals surface area contributed by atoms with Crippen LogP contribution in [0.5, 0.6) is 0 Å². The predicted octanol–water partition coefficient (Wildman–Crippen LogP) is 3.86. The van der Waals surface area contributed by atoms with Crippen molar-refractivity contribution < 1.29 is 4.79 Å². The minimum atomic E-state index is -0.177. The Morgan fingerprint density at radius 3 is 2.64 bits per heavy atom. The van der Waals surface area contributed by atoms with Crippen LogP contribution < -0.4 is 5.32 Å². The lowest BCUT2D eigenvalue weighted by Gasteiger charge is -2.10. The van der Waals surface area contributed by atoms with Crippen molar-refractivity contribution >= 4 is 5.91 Å². The molecule has 0 unspecified atom stereocenters. The average molecular weight is 327 g/mol. The fourth-order valence-corrected chi connectivity index (χ4v) is 2.61. The highest BCUT2D eigenvalue weighted by Gasteiger charge is 2.09. The Morgan fingerprint density at radius 1 is 1.12 bits per heavy atom. The zero-order valence-electron chi connectivity index (χ0n) is 13.9. The first-order valence-corrected chi connectivity index (χ1v) is 7.96. The van der Waals surface area contributed by atoms with Crippen molar-refractivity contribution in [2.24, 2.45) is 0 Å². The van der Waals surface area contributed by atoms with Gasteiger partial charge in [0.05, 0.1) is 17.3 Å². The number of pyridine rings is 1. The fraction of sp³-hybridized carbons (Fsp3) is 0.0952. The number of carbonyl (C=O) groups excluding carboxylic acids is 1. The molecule has 25 heavy (non-hydrogen) atoms. The van der Waals surface area contributed by atoms with Gasteiger partial charge in [0.25, 0.3) is 5.91 Å². The van der Waals surface area contributed by atoms with Gasteiger partial charge in [0.1, 0.15) is 0 Å². The number of nitrogens with one attached hydrogen (secondary N) is 1. The maximum absolute atomic E-state index is 12.3. The van der Waals surface area contributed by atoms with Gasteiger partial charge in [0.2, 0.25) is 0 Å². The topological polar surface area (TPSA) is 65.8 Å².